The highest BCUT2D eigenvalue weighted by Crippen LogP contribution is 2.24. The highest BCUT2D eigenvalue weighted by atomic mass is 79.9. The maximum atomic E-state index is 11.3. The average Bonchev–Trinajstić information content (AvgIpc) is 2.16. The van der Waals surface area contributed by atoms with E-state index in [1.165, 1.54) is 0 Å². The second-order valence-corrected chi connectivity index (χ2v) is 4.07. The van der Waals surface area contributed by atoms with Crippen LogP contribution >= 0.6 is 15.9 Å². The molecule has 3 N–H and O–H groups in total. The summed E-state index contributed by atoms with van der Waals surface area (Å²) >= 11 is 3.32. The molecular formula is C10H13BrN2O2. The topological polar surface area (TPSA) is 64.3 Å². The van der Waals surface area contributed by atoms with Crippen molar-refractivity contribution in [2.24, 2.45) is 5.73 Å². The summed E-state index contributed by atoms with van der Waals surface area (Å²) < 4.78 is 5.90. The number of halogens is 1. The Balaban J connectivity index is 2.85. The van der Waals surface area contributed by atoms with Crippen molar-refractivity contribution in [1.82, 2.24) is 0 Å². The third-order valence-corrected chi connectivity index (χ3v) is 2.25. The lowest BCUT2D eigenvalue weighted by molar-refractivity contribution is -0.117. The molecule has 0 saturated carbocycles. The highest BCUT2D eigenvalue weighted by Gasteiger charge is 2.08. The Morgan fingerprint density at radius 3 is 2.73 bits per heavy atom. The number of rotatable bonds is 3. The van der Waals surface area contributed by atoms with Crippen molar-refractivity contribution in [3.8, 4) is 5.75 Å². The van der Waals surface area contributed by atoms with E-state index < -0.39 is 6.04 Å². The Labute approximate surface area is 96.9 Å². The molecule has 1 rings (SSSR count). The number of hydrogen-bond acceptors (Lipinski definition) is 3. The third-order valence-electron chi connectivity index (χ3n) is 1.79. The van der Waals surface area contributed by atoms with Crippen LogP contribution in [0.1, 0.15) is 6.92 Å². The van der Waals surface area contributed by atoms with Gasteiger partial charge in [-0.15, -0.1) is 0 Å². The highest BCUT2D eigenvalue weighted by molar-refractivity contribution is 9.10. The second-order valence-electron chi connectivity index (χ2n) is 3.16. The van der Waals surface area contributed by atoms with E-state index in [-0.39, 0.29) is 5.91 Å². The smallest absolute Gasteiger partial charge is 0.241 e. The molecule has 0 heterocycles. The van der Waals surface area contributed by atoms with Crippen LogP contribution in [0.4, 0.5) is 5.69 Å². The van der Waals surface area contributed by atoms with E-state index in [1.54, 1.807) is 26.2 Å². The lowest BCUT2D eigenvalue weighted by Crippen LogP contribution is -2.32. The predicted molar refractivity (Wildman–Crippen MR) is 63.0 cm³/mol. The van der Waals surface area contributed by atoms with Gasteiger partial charge in [-0.25, -0.2) is 0 Å². The molecule has 0 unspecified atom stereocenters. The summed E-state index contributed by atoms with van der Waals surface area (Å²) in [5.41, 5.74) is 6.09. The van der Waals surface area contributed by atoms with Crippen LogP contribution in [-0.2, 0) is 4.79 Å². The number of nitrogens with one attached hydrogen (secondary N) is 1. The molecule has 5 heteroatoms. The van der Waals surface area contributed by atoms with E-state index in [1.807, 2.05) is 6.07 Å². The zero-order valence-electron chi connectivity index (χ0n) is 8.58. The SMILES string of the molecule is COc1cc(Br)cc(NC(=O)[C@@H](C)N)c1. The summed E-state index contributed by atoms with van der Waals surface area (Å²) in [7, 11) is 1.57. The molecule has 0 spiro atoms. The van der Waals surface area contributed by atoms with Gasteiger partial charge in [0.25, 0.3) is 0 Å². The molecule has 0 radical (unpaired) electrons. The van der Waals surface area contributed by atoms with Gasteiger partial charge in [-0.05, 0) is 19.1 Å². The van der Waals surface area contributed by atoms with Crippen LogP contribution < -0.4 is 15.8 Å². The van der Waals surface area contributed by atoms with Crippen molar-refractivity contribution in [2.45, 2.75) is 13.0 Å². The van der Waals surface area contributed by atoms with Gasteiger partial charge in [-0.3, -0.25) is 4.79 Å². The minimum atomic E-state index is -0.532. The first kappa shape index (κ1) is 12.0. The number of hydrogen-bond donors (Lipinski definition) is 2. The molecule has 0 aliphatic rings. The Kier molecular flexibility index (Phi) is 4.11. The molecule has 0 aliphatic heterocycles. The molecule has 15 heavy (non-hydrogen) atoms. The fourth-order valence-corrected chi connectivity index (χ4v) is 1.48. The summed E-state index contributed by atoms with van der Waals surface area (Å²) in [4.78, 5) is 11.3. The van der Waals surface area contributed by atoms with E-state index in [9.17, 15) is 4.79 Å². The van der Waals surface area contributed by atoms with Gasteiger partial charge in [-0.2, -0.15) is 0 Å². The van der Waals surface area contributed by atoms with Crippen molar-refractivity contribution < 1.29 is 9.53 Å². The quantitative estimate of drug-likeness (QED) is 0.881. The van der Waals surface area contributed by atoms with Crippen LogP contribution in [0.25, 0.3) is 0 Å². The maximum Gasteiger partial charge on any atom is 0.241 e. The first-order chi connectivity index (χ1) is 7.02. The molecule has 1 aromatic carbocycles. The van der Waals surface area contributed by atoms with Crippen molar-refractivity contribution in [3.05, 3.63) is 22.7 Å². The molecule has 82 valence electrons. The van der Waals surface area contributed by atoms with Gasteiger partial charge in [-0.1, -0.05) is 15.9 Å². The number of methoxy groups -OCH3 is 1. The van der Waals surface area contributed by atoms with Crippen LogP contribution in [0.15, 0.2) is 22.7 Å². The predicted octanol–water partition coefficient (Wildman–Crippen LogP) is 1.74. The standard InChI is InChI=1S/C10H13BrN2O2/c1-6(12)10(14)13-8-3-7(11)4-9(5-8)15-2/h3-6H,12H2,1-2H3,(H,13,14)/t6-/m1/s1. The number of carbonyl (C=O) groups is 1. The van der Waals surface area contributed by atoms with E-state index in [4.69, 9.17) is 10.5 Å². The Morgan fingerprint density at radius 2 is 2.20 bits per heavy atom. The molecule has 1 aromatic rings. The van der Waals surface area contributed by atoms with Gasteiger partial charge in [0.1, 0.15) is 5.75 Å². The Morgan fingerprint density at radius 1 is 1.53 bits per heavy atom. The third kappa shape index (κ3) is 3.53. The zero-order valence-corrected chi connectivity index (χ0v) is 10.2. The number of amides is 1. The van der Waals surface area contributed by atoms with Gasteiger partial charge < -0.3 is 15.8 Å². The molecule has 0 bridgehead atoms. The normalized spacial score (nSPS) is 12.0. The number of carbonyl (C=O) groups excluding carboxylic acids is 1. The molecule has 1 atom stereocenters. The molecule has 1 amide bonds. The zero-order chi connectivity index (χ0) is 11.4. The van der Waals surface area contributed by atoms with Crippen LogP contribution in [0.3, 0.4) is 0 Å². The number of anilines is 1. The molecule has 4 nitrogen and oxygen atoms in total. The van der Waals surface area contributed by atoms with Crippen molar-refractivity contribution in [1.29, 1.82) is 0 Å². The lowest BCUT2D eigenvalue weighted by atomic mass is 10.2. The summed E-state index contributed by atoms with van der Waals surface area (Å²) in [6, 6.07) is 4.78. The fraction of sp³-hybridized carbons (Fsp3) is 0.300. The van der Waals surface area contributed by atoms with Crippen LogP contribution in [-0.4, -0.2) is 19.1 Å². The monoisotopic (exact) mass is 272 g/mol. The molecular weight excluding hydrogens is 260 g/mol. The van der Waals surface area contributed by atoms with Crippen molar-refractivity contribution in [3.63, 3.8) is 0 Å². The van der Waals surface area contributed by atoms with E-state index >= 15 is 0 Å². The second kappa shape index (κ2) is 5.14. The Bertz CT molecular complexity index is 366. The summed E-state index contributed by atoms with van der Waals surface area (Å²) in [5.74, 6) is 0.444. The first-order valence-corrected chi connectivity index (χ1v) is 5.23. The maximum absolute atomic E-state index is 11.3. The van der Waals surface area contributed by atoms with Crippen LogP contribution in [0.2, 0.25) is 0 Å². The summed E-state index contributed by atoms with van der Waals surface area (Å²) in [5, 5.41) is 2.68. The Hall–Kier alpha value is -1.07. The van der Waals surface area contributed by atoms with Gasteiger partial charge >= 0.3 is 0 Å². The van der Waals surface area contributed by atoms with Gasteiger partial charge in [0.2, 0.25) is 5.91 Å². The summed E-state index contributed by atoms with van der Waals surface area (Å²) in [6.07, 6.45) is 0. The largest absolute Gasteiger partial charge is 0.497 e. The first-order valence-electron chi connectivity index (χ1n) is 4.44. The van der Waals surface area contributed by atoms with Gasteiger partial charge in [0.05, 0.1) is 13.2 Å². The van der Waals surface area contributed by atoms with Gasteiger partial charge in [0, 0.05) is 16.2 Å². The van der Waals surface area contributed by atoms with Crippen LogP contribution in [0, 0.1) is 0 Å². The number of ether oxygens (including phenoxy) is 1. The average molecular weight is 273 g/mol. The molecule has 0 fully saturated rings. The molecule has 0 aliphatic carbocycles. The number of nitrogens with two attached hydrogens (primary N) is 1. The minimum absolute atomic E-state index is 0.227. The molecule has 0 aromatic heterocycles. The summed E-state index contributed by atoms with van der Waals surface area (Å²) in [6.45, 7) is 1.63. The van der Waals surface area contributed by atoms with E-state index in [0.29, 0.717) is 11.4 Å². The van der Waals surface area contributed by atoms with Gasteiger partial charge in [0.15, 0.2) is 0 Å². The van der Waals surface area contributed by atoms with E-state index in [0.717, 1.165) is 4.47 Å². The number of benzene rings is 1. The minimum Gasteiger partial charge on any atom is -0.497 e. The van der Waals surface area contributed by atoms with E-state index in [2.05, 4.69) is 21.2 Å². The van der Waals surface area contributed by atoms with Crippen molar-refractivity contribution >= 4 is 27.5 Å². The van der Waals surface area contributed by atoms with Crippen LogP contribution in [0.5, 0.6) is 5.75 Å². The fourth-order valence-electron chi connectivity index (χ4n) is 1.01. The van der Waals surface area contributed by atoms with Crippen molar-refractivity contribution in [2.75, 3.05) is 12.4 Å². The lowest BCUT2D eigenvalue weighted by Gasteiger charge is -2.09. The molecule has 0 saturated heterocycles.